The second kappa shape index (κ2) is 6.89. The summed E-state index contributed by atoms with van der Waals surface area (Å²) in [4.78, 5) is 17.3. The normalized spacial score (nSPS) is 18.2. The Labute approximate surface area is 174 Å². The van der Waals surface area contributed by atoms with Crippen LogP contribution in [-0.2, 0) is 5.54 Å². The number of ether oxygens (including phenoxy) is 1. The summed E-state index contributed by atoms with van der Waals surface area (Å²) in [6.07, 6.45) is 6.04. The molecule has 2 aliphatic rings. The number of rotatable bonds is 4. The van der Waals surface area contributed by atoms with E-state index in [1.165, 1.54) is 0 Å². The Bertz CT molecular complexity index is 1110. The molecule has 1 aliphatic carbocycles. The Balaban J connectivity index is 1.48. The number of hydrogen-bond acceptors (Lipinski definition) is 3. The maximum Gasteiger partial charge on any atom is 0.251 e. The van der Waals surface area contributed by atoms with E-state index in [1.807, 2.05) is 48.5 Å². The number of halogens is 1. The average molecular weight is 405 g/mol. The third-order valence-electron chi connectivity index (χ3n) is 5.87. The van der Waals surface area contributed by atoms with Crippen molar-refractivity contribution in [2.24, 2.45) is 0 Å². The highest BCUT2D eigenvalue weighted by atomic mass is 35.5. The maximum absolute atomic E-state index is 13.1. The fourth-order valence-electron chi connectivity index (χ4n) is 4.16. The number of aromatic nitrogens is 1. The van der Waals surface area contributed by atoms with Crippen molar-refractivity contribution < 1.29 is 9.53 Å². The topological polar surface area (TPSA) is 51.2 Å². The number of fused-ring (bicyclic) bond motifs is 3. The van der Waals surface area contributed by atoms with E-state index in [0.29, 0.717) is 10.6 Å². The van der Waals surface area contributed by atoms with Crippen molar-refractivity contribution in [2.75, 3.05) is 0 Å². The van der Waals surface area contributed by atoms with E-state index >= 15 is 0 Å². The Kier molecular flexibility index (Phi) is 4.32. The van der Waals surface area contributed by atoms with Gasteiger partial charge in [0.15, 0.2) is 0 Å². The zero-order chi connectivity index (χ0) is 20.0. The lowest BCUT2D eigenvalue weighted by atomic mass is 9.90. The number of benzene rings is 2. The molecule has 0 spiro atoms. The van der Waals surface area contributed by atoms with Crippen molar-refractivity contribution in [3.05, 3.63) is 82.6 Å². The molecule has 1 aliphatic heterocycles. The van der Waals surface area contributed by atoms with Gasteiger partial charge in [-0.05, 0) is 54.7 Å². The average Bonchev–Trinajstić information content (AvgIpc) is 3.53. The Morgan fingerprint density at radius 3 is 2.79 bits per heavy atom. The Morgan fingerprint density at radius 2 is 2.03 bits per heavy atom. The van der Waals surface area contributed by atoms with Gasteiger partial charge in [-0.3, -0.25) is 9.78 Å². The summed E-state index contributed by atoms with van der Waals surface area (Å²) in [5, 5.41) is 3.92. The van der Waals surface area contributed by atoms with E-state index in [-0.39, 0.29) is 17.6 Å². The van der Waals surface area contributed by atoms with E-state index < -0.39 is 0 Å². The molecule has 1 N–H and O–H groups in total. The zero-order valence-electron chi connectivity index (χ0n) is 16.1. The summed E-state index contributed by atoms with van der Waals surface area (Å²) < 4.78 is 6.13. The minimum atomic E-state index is -0.357. The largest absolute Gasteiger partial charge is 0.483 e. The van der Waals surface area contributed by atoms with Gasteiger partial charge in [0.25, 0.3) is 5.91 Å². The molecule has 0 bridgehead atoms. The van der Waals surface area contributed by atoms with Gasteiger partial charge in [-0.25, -0.2) is 0 Å². The van der Waals surface area contributed by atoms with Crippen molar-refractivity contribution in [3.63, 3.8) is 0 Å². The van der Waals surface area contributed by atoms with Crippen LogP contribution < -0.4 is 10.1 Å². The highest BCUT2D eigenvalue weighted by molar-refractivity contribution is 6.31. The minimum Gasteiger partial charge on any atom is -0.483 e. The zero-order valence-corrected chi connectivity index (χ0v) is 16.9. The predicted octanol–water partition coefficient (Wildman–Crippen LogP) is 5.66. The fourth-order valence-corrected chi connectivity index (χ4v) is 4.47. The van der Waals surface area contributed by atoms with Crippen LogP contribution in [0.5, 0.6) is 5.75 Å². The number of hydrogen-bond donors (Lipinski definition) is 1. The van der Waals surface area contributed by atoms with Crippen LogP contribution in [0.25, 0.3) is 11.1 Å². The van der Waals surface area contributed by atoms with Gasteiger partial charge in [-0.15, -0.1) is 0 Å². The van der Waals surface area contributed by atoms with Gasteiger partial charge in [0.2, 0.25) is 0 Å². The lowest BCUT2D eigenvalue weighted by Crippen LogP contribution is -2.35. The molecule has 1 saturated carbocycles. The maximum atomic E-state index is 13.1. The van der Waals surface area contributed by atoms with E-state index in [4.69, 9.17) is 16.3 Å². The van der Waals surface area contributed by atoms with Crippen LogP contribution >= 0.6 is 11.6 Å². The molecule has 5 heteroatoms. The summed E-state index contributed by atoms with van der Waals surface area (Å²) in [5.41, 5.74) is 4.43. The molecule has 0 saturated heterocycles. The third kappa shape index (κ3) is 3.08. The molecule has 0 radical (unpaired) electrons. The molecule has 3 aromatic rings. The van der Waals surface area contributed by atoms with Crippen LogP contribution in [0, 0.1) is 0 Å². The predicted molar refractivity (Wildman–Crippen MR) is 113 cm³/mol. The first-order chi connectivity index (χ1) is 14.1. The summed E-state index contributed by atoms with van der Waals surface area (Å²) >= 11 is 6.39. The quantitative estimate of drug-likeness (QED) is 0.610. The number of carbonyl (C=O) groups is 1. The molecule has 5 rings (SSSR count). The van der Waals surface area contributed by atoms with Crippen LogP contribution in [0.2, 0.25) is 5.02 Å². The van der Waals surface area contributed by atoms with Gasteiger partial charge < -0.3 is 10.1 Å². The highest BCUT2D eigenvalue weighted by Crippen LogP contribution is 2.48. The van der Waals surface area contributed by atoms with E-state index in [1.54, 1.807) is 12.4 Å². The monoisotopic (exact) mass is 404 g/mol. The summed E-state index contributed by atoms with van der Waals surface area (Å²) in [6.45, 7) is 2.08. The van der Waals surface area contributed by atoms with Crippen molar-refractivity contribution in [3.8, 4) is 16.9 Å². The van der Waals surface area contributed by atoms with Gasteiger partial charge in [0, 0.05) is 27.9 Å². The summed E-state index contributed by atoms with van der Waals surface area (Å²) in [5.74, 6) is 0.709. The van der Waals surface area contributed by atoms with Crippen LogP contribution in [0.4, 0.5) is 0 Å². The van der Waals surface area contributed by atoms with E-state index in [2.05, 4.69) is 17.2 Å². The van der Waals surface area contributed by atoms with Crippen molar-refractivity contribution >= 4 is 17.5 Å². The van der Waals surface area contributed by atoms with Gasteiger partial charge in [0.05, 0.1) is 11.7 Å². The molecular weight excluding hydrogens is 384 g/mol. The van der Waals surface area contributed by atoms with Crippen LogP contribution in [0.3, 0.4) is 0 Å². The third-order valence-corrected chi connectivity index (χ3v) is 6.20. The lowest BCUT2D eigenvalue weighted by Gasteiger charge is -2.28. The molecule has 2 heterocycles. The van der Waals surface area contributed by atoms with Crippen LogP contribution in [-0.4, -0.2) is 10.9 Å². The molecule has 146 valence electrons. The SMILES string of the molecule is CCC1Oc2cnccc2-c2ccc(C(=O)NC3(c4ccccc4Cl)CC3)cc21. The second-order valence-electron chi connectivity index (χ2n) is 7.70. The Hall–Kier alpha value is -2.85. The number of pyridine rings is 1. The standard InChI is InChI=1S/C24H21ClN2O2/c1-2-21-18-13-15(7-8-16(18)17-9-12-26-14-22(17)29-21)23(28)27-24(10-11-24)19-5-3-4-6-20(19)25/h3-9,12-14,21H,2,10-11H2,1H3,(H,27,28). The van der Waals surface area contributed by atoms with Gasteiger partial charge >= 0.3 is 0 Å². The van der Waals surface area contributed by atoms with Crippen molar-refractivity contribution in [1.82, 2.24) is 10.3 Å². The number of nitrogens with zero attached hydrogens (tertiary/aromatic N) is 1. The molecule has 1 aromatic heterocycles. The minimum absolute atomic E-state index is 0.0828. The van der Waals surface area contributed by atoms with Crippen molar-refractivity contribution in [2.45, 2.75) is 37.8 Å². The number of amides is 1. The fraction of sp³-hybridized carbons (Fsp3) is 0.250. The molecule has 1 fully saturated rings. The summed E-state index contributed by atoms with van der Waals surface area (Å²) in [6, 6.07) is 15.6. The summed E-state index contributed by atoms with van der Waals surface area (Å²) in [7, 11) is 0. The van der Waals surface area contributed by atoms with Gasteiger partial charge in [-0.2, -0.15) is 0 Å². The van der Waals surface area contributed by atoms with E-state index in [0.717, 1.165) is 47.3 Å². The number of nitrogens with one attached hydrogen (secondary N) is 1. The molecule has 4 nitrogen and oxygen atoms in total. The van der Waals surface area contributed by atoms with Gasteiger partial charge in [0.1, 0.15) is 11.9 Å². The first-order valence-electron chi connectivity index (χ1n) is 9.94. The smallest absolute Gasteiger partial charge is 0.251 e. The second-order valence-corrected chi connectivity index (χ2v) is 8.11. The highest BCUT2D eigenvalue weighted by Gasteiger charge is 2.47. The molecule has 1 atom stereocenters. The van der Waals surface area contributed by atoms with Crippen LogP contribution in [0.15, 0.2) is 60.9 Å². The van der Waals surface area contributed by atoms with Crippen LogP contribution in [0.1, 0.15) is 53.8 Å². The van der Waals surface area contributed by atoms with E-state index in [9.17, 15) is 4.79 Å². The molecule has 1 amide bonds. The molecular formula is C24H21ClN2O2. The Morgan fingerprint density at radius 1 is 1.21 bits per heavy atom. The molecule has 29 heavy (non-hydrogen) atoms. The molecule has 2 aromatic carbocycles. The molecule has 1 unspecified atom stereocenters. The lowest BCUT2D eigenvalue weighted by molar-refractivity contribution is 0.0930. The first kappa shape index (κ1) is 18.2. The van der Waals surface area contributed by atoms with Gasteiger partial charge in [-0.1, -0.05) is 42.8 Å². The first-order valence-corrected chi connectivity index (χ1v) is 10.3. The number of carbonyl (C=O) groups excluding carboxylic acids is 1. The van der Waals surface area contributed by atoms with Crippen molar-refractivity contribution in [1.29, 1.82) is 0 Å².